The number of pyridine rings is 1. The van der Waals surface area contributed by atoms with Gasteiger partial charge in [0, 0.05) is 11.3 Å². The molecule has 18 heavy (non-hydrogen) atoms. The van der Waals surface area contributed by atoms with Crippen LogP contribution in [0.3, 0.4) is 0 Å². The van der Waals surface area contributed by atoms with Gasteiger partial charge in [0.05, 0.1) is 17.6 Å². The number of benzene rings is 1. The Morgan fingerprint density at radius 2 is 2.11 bits per heavy atom. The second-order valence-electron chi connectivity index (χ2n) is 4.01. The molecular formula is C14H14FN3. The Kier molecular flexibility index (Phi) is 3.37. The van der Waals surface area contributed by atoms with Crippen molar-refractivity contribution in [2.24, 2.45) is 0 Å². The molecule has 2 rings (SSSR count). The van der Waals surface area contributed by atoms with Crippen LogP contribution in [0, 0.1) is 11.2 Å². The minimum absolute atomic E-state index is 0.211. The molecule has 0 saturated carbocycles. The molecule has 2 aromatic rings. The summed E-state index contributed by atoms with van der Waals surface area (Å²) in [6.07, 6.45) is 1.97. The number of rotatable bonds is 3. The molecule has 0 radical (unpaired) electrons. The van der Waals surface area contributed by atoms with E-state index in [-0.39, 0.29) is 5.71 Å². The van der Waals surface area contributed by atoms with Crippen LogP contribution in [-0.4, -0.2) is 10.7 Å². The molecule has 0 unspecified atom stereocenters. The first-order valence-corrected chi connectivity index (χ1v) is 5.71. The molecule has 0 aliphatic heterocycles. The fourth-order valence-electron chi connectivity index (χ4n) is 1.70. The Morgan fingerprint density at radius 3 is 2.72 bits per heavy atom. The smallest absolute Gasteiger partial charge is 0.141 e. The highest BCUT2D eigenvalue weighted by Gasteiger charge is 2.10. The summed E-state index contributed by atoms with van der Waals surface area (Å²) in [6, 6.07) is 8.37. The molecule has 0 saturated heterocycles. The second kappa shape index (κ2) is 4.96. The van der Waals surface area contributed by atoms with E-state index in [9.17, 15) is 4.39 Å². The second-order valence-corrected chi connectivity index (χ2v) is 4.01. The maximum Gasteiger partial charge on any atom is 0.141 e. The molecule has 3 nitrogen and oxygen atoms in total. The van der Waals surface area contributed by atoms with Crippen molar-refractivity contribution in [1.82, 2.24) is 4.98 Å². The quantitative estimate of drug-likeness (QED) is 0.643. The fraction of sp³-hybridized carbons (Fsp3) is 0.143. The van der Waals surface area contributed by atoms with E-state index in [1.54, 1.807) is 6.07 Å². The molecule has 4 heteroatoms. The van der Waals surface area contributed by atoms with Gasteiger partial charge in [-0.05, 0) is 36.2 Å². The number of hydrogen-bond donors (Lipinski definition) is 2. The van der Waals surface area contributed by atoms with E-state index in [0.29, 0.717) is 16.9 Å². The van der Waals surface area contributed by atoms with Gasteiger partial charge in [0.1, 0.15) is 5.82 Å². The van der Waals surface area contributed by atoms with Gasteiger partial charge in [0.15, 0.2) is 0 Å². The molecule has 0 spiro atoms. The van der Waals surface area contributed by atoms with E-state index in [2.05, 4.69) is 4.98 Å². The molecule has 0 fully saturated rings. The van der Waals surface area contributed by atoms with Crippen molar-refractivity contribution in [1.29, 1.82) is 5.41 Å². The number of halogens is 1. The first-order chi connectivity index (χ1) is 8.61. The first-order valence-electron chi connectivity index (χ1n) is 5.71. The van der Waals surface area contributed by atoms with Gasteiger partial charge in [-0.25, -0.2) is 4.39 Å². The molecule has 0 amide bonds. The maximum absolute atomic E-state index is 12.8. The Balaban J connectivity index is 2.42. The molecule has 0 atom stereocenters. The van der Waals surface area contributed by atoms with Crippen LogP contribution in [0.2, 0.25) is 0 Å². The van der Waals surface area contributed by atoms with Crippen molar-refractivity contribution in [3.8, 4) is 0 Å². The molecule has 0 aliphatic rings. The normalized spacial score (nSPS) is 10.3. The topological polar surface area (TPSA) is 62.8 Å². The lowest BCUT2D eigenvalue weighted by atomic mass is 10.0. The molecule has 1 aromatic heterocycles. The minimum Gasteiger partial charge on any atom is -0.398 e. The van der Waals surface area contributed by atoms with Crippen LogP contribution in [0.1, 0.15) is 23.7 Å². The molecule has 1 aromatic carbocycles. The molecule has 0 bridgehead atoms. The van der Waals surface area contributed by atoms with E-state index in [0.717, 1.165) is 18.2 Å². The van der Waals surface area contributed by atoms with Gasteiger partial charge in [-0.3, -0.25) is 10.4 Å². The molecule has 3 N–H and O–H groups in total. The standard InChI is InChI=1S/C14H14FN3/c1-2-9-3-5-12(16)11(7-9)14(17)13-6-4-10(15)8-18-13/h3-8,17H,2,16H2,1H3. The van der Waals surface area contributed by atoms with E-state index in [1.807, 2.05) is 19.1 Å². The number of nitrogens with two attached hydrogens (primary N) is 1. The van der Waals surface area contributed by atoms with Gasteiger partial charge in [-0.1, -0.05) is 13.0 Å². The lowest BCUT2D eigenvalue weighted by Gasteiger charge is -2.09. The van der Waals surface area contributed by atoms with Crippen LogP contribution in [-0.2, 0) is 6.42 Å². The van der Waals surface area contributed by atoms with E-state index < -0.39 is 5.82 Å². The van der Waals surface area contributed by atoms with Crippen LogP contribution >= 0.6 is 0 Å². The summed E-state index contributed by atoms with van der Waals surface area (Å²) in [6.45, 7) is 2.04. The summed E-state index contributed by atoms with van der Waals surface area (Å²) in [5.74, 6) is -0.415. The van der Waals surface area contributed by atoms with Gasteiger partial charge >= 0.3 is 0 Å². The van der Waals surface area contributed by atoms with E-state index in [1.165, 1.54) is 12.1 Å². The highest BCUT2D eigenvalue weighted by atomic mass is 19.1. The summed E-state index contributed by atoms with van der Waals surface area (Å²) < 4.78 is 12.8. The largest absolute Gasteiger partial charge is 0.398 e. The third-order valence-electron chi connectivity index (χ3n) is 2.78. The van der Waals surface area contributed by atoms with Crippen molar-refractivity contribution < 1.29 is 4.39 Å². The minimum atomic E-state index is -0.415. The summed E-state index contributed by atoms with van der Waals surface area (Å²) >= 11 is 0. The zero-order valence-corrected chi connectivity index (χ0v) is 10.1. The summed E-state index contributed by atoms with van der Waals surface area (Å²) in [5.41, 5.74) is 8.76. The fourth-order valence-corrected chi connectivity index (χ4v) is 1.70. The lowest BCUT2D eigenvalue weighted by Crippen LogP contribution is -2.08. The first kappa shape index (κ1) is 12.2. The Morgan fingerprint density at radius 1 is 1.33 bits per heavy atom. The van der Waals surface area contributed by atoms with Gasteiger partial charge in [0.25, 0.3) is 0 Å². The predicted octanol–water partition coefficient (Wildman–Crippen LogP) is 2.78. The van der Waals surface area contributed by atoms with Crippen molar-refractivity contribution in [3.05, 3.63) is 59.2 Å². The average molecular weight is 243 g/mol. The van der Waals surface area contributed by atoms with Crippen LogP contribution in [0.15, 0.2) is 36.5 Å². The SMILES string of the molecule is CCc1ccc(N)c(C(=N)c2ccc(F)cn2)c1. The highest BCUT2D eigenvalue weighted by molar-refractivity contribution is 6.12. The van der Waals surface area contributed by atoms with Crippen molar-refractivity contribution >= 4 is 11.4 Å². The van der Waals surface area contributed by atoms with E-state index in [4.69, 9.17) is 11.1 Å². The van der Waals surface area contributed by atoms with Crippen LogP contribution in [0.5, 0.6) is 0 Å². The number of anilines is 1. The average Bonchev–Trinajstić information content (AvgIpc) is 2.39. The number of nitrogen functional groups attached to an aromatic ring is 1. The number of aromatic nitrogens is 1. The van der Waals surface area contributed by atoms with Crippen LogP contribution in [0.25, 0.3) is 0 Å². The number of aryl methyl sites for hydroxylation is 1. The van der Waals surface area contributed by atoms with Gasteiger partial charge < -0.3 is 5.73 Å². The van der Waals surface area contributed by atoms with Crippen molar-refractivity contribution in [3.63, 3.8) is 0 Å². The monoisotopic (exact) mass is 243 g/mol. The molecule has 0 aliphatic carbocycles. The Labute approximate surface area is 105 Å². The third kappa shape index (κ3) is 2.37. The van der Waals surface area contributed by atoms with Crippen molar-refractivity contribution in [2.75, 3.05) is 5.73 Å². The summed E-state index contributed by atoms with van der Waals surface area (Å²) in [5, 5.41) is 8.09. The summed E-state index contributed by atoms with van der Waals surface area (Å²) in [4.78, 5) is 3.90. The van der Waals surface area contributed by atoms with Crippen molar-refractivity contribution in [2.45, 2.75) is 13.3 Å². The zero-order chi connectivity index (χ0) is 13.1. The lowest BCUT2D eigenvalue weighted by molar-refractivity contribution is 0.621. The van der Waals surface area contributed by atoms with Gasteiger partial charge in [-0.2, -0.15) is 0 Å². The summed E-state index contributed by atoms with van der Waals surface area (Å²) in [7, 11) is 0. The van der Waals surface area contributed by atoms with Crippen LogP contribution < -0.4 is 5.73 Å². The number of nitrogens with one attached hydrogen (secondary N) is 1. The molecule has 92 valence electrons. The van der Waals surface area contributed by atoms with Gasteiger partial charge in [-0.15, -0.1) is 0 Å². The highest BCUT2D eigenvalue weighted by Crippen LogP contribution is 2.18. The molecular weight excluding hydrogens is 229 g/mol. The van der Waals surface area contributed by atoms with Gasteiger partial charge in [0.2, 0.25) is 0 Å². The number of hydrogen-bond acceptors (Lipinski definition) is 3. The maximum atomic E-state index is 12.8. The Hall–Kier alpha value is -2.23. The predicted molar refractivity (Wildman–Crippen MR) is 70.4 cm³/mol. The van der Waals surface area contributed by atoms with E-state index >= 15 is 0 Å². The van der Waals surface area contributed by atoms with Crippen LogP contribution in [0.4, 0.5) is 10.1 Å². The third-order valence-corrected chi connectivity index (χ3v) is 2.78. The Bertz CT molecular complexity index is 576. The number of nitrogens with zero attached hydrogens (tertiary/aromatic N) is 1. The molecule has 1 heterocycles. The zero-order valence-electron chi connectivity index (χ0n) is 10.1.